The van der Waals surface area contributed by atoms with Gasteiger partial charge < -0.3 is 14.8 Å². The summed E-state index contributed by atoms with van der Waals surface area (Å²) in [5.41, 5.74) is -0.556. The normalized spacial score (nSPS) is 15.2. The SMILES string of the molecule is CCOc1ccc(/C=C2\SC(=O)N(CC(=O)Nc3cc(C(F)(F)F)ccc3OC)C2=O)cc1. The van der Waals surface area contributed by atoms with Gasteiger partial charge in [0.05, 0.1) is 29.9 Å². The maximum atomic E-state index is 13.0. The van der Waals surface area contributed by atoms with E-state index < -0.39 is 35.3 Å². The third-order valence-corrected chi connectivity index (χ3v) is 5.37. The lowest BCUT2D eigenvalue weighted by Crippen LogP contribution is -2.36. The summed E-state index contributed by atoms with van der Waals surface area (Å²) < 4.78 is 49.3. The van der Waals surface area contributed by atoms with Crippen molar-refractivity contribution >= 4 is 40.6 Å². The van der Waals surface area contributed by atoms with Crippen LogP contribution in [0.15, 0.2) is 47.4 Å². The van der Waals surface area contributed by atoms with E-state index in [1.165, 1.54) is 13.2 Å². The van der Waals surface area contributed by atoms with Gasteiger partial charge in [0.25, 0.3) is 11.1 Å². The summed E-state index contributed by atoms with van der Waals surface area (Å²) in [4.78, 5) is 38.2. The average molecular weight is 480 g/mol. The van der Waals surface area contributed by atoms with E-state index in [1.54, 1.807) is 24.3 Å². The fourth-order valence-electron chi connectivity index (χ4n) is 2.93. The van der Waals surface area contributed by atoms with E-state index in [9.17, 15) is 27.6 Å². The van der Waals surface area contributed by atoms with Gasteiger partial charge in [-0.2, -0.15) is 13.2 Å². The van der Waals surface area contributed by atoms with Gasteiger partial charge in [-0.3, -0.25) is 19.3 Å². The standard InChI is InChI=1S/C22H19F3N2O5S/c1-3-32-15-7-4-13(5-8-15)10-18-20(29)27(21(30)33-18)12-19(28)26-16-11-14(22(23,24)25)6-9-17(16)31-2/h4-11H,3,12H2,1-2H3,(H,26,28)/b18-10-. The number of nitrogens with one attached hydrogen (secondary N) is 1. The van der Waals surface area contributed by atoms with E-state index in [4.69, 9.17) is 9.47 Å². The molecule has 0 atom stereocenters. The lowest BCUT2D eigenvalue weighted by atomic mass is 10.1. The van der Waals surface area contributed by atoms with Gasteiger partial charge in [0.2, 0.25) is 5.91 Å². The quantitative estimate of drug-likeness (QED) is 0.574. The number of amides is 3. The Bertz CT molecular complexity index is 1100. The van der Waals surface area contributed by atoms with E-state index in [2.05, 4.69) is 5.32 Å². The van der Waals surface area contributed by atoms with Crippen molar-refractivity contribution in [1.82, 2.24) is 4.90 Å². The maximum absolute atomic E-state index is 13.0. The number of rotatable bonds is 7. The van der Waals surface area contributed by atoms with Crippen LogP contribution in [0.4, 0.5) is 23.7 Å². The van der Waals surface area contributed by atoms with Crippen molar-refractivity contribution in [3.63, 3.8) is 0 Å². The molecular weight excluding hydrogens is 461 g/mol. The third-order valence-electron chi connectivity index (χ3n) is 4.47. The summed E-state index contributed by atoms with van der Waals surface area (Å²) >= 11 is 0.667. The van der Waals surface area contributed by atoms with Gasteiger partial charge in [0.15, 0.2) is 0 Å². The molecule has 2 aromatic carbocycles. The van der Waals surface area contributed by atoms with Gasteiger partial charge >= 0.3 is 6.18 Å². The van der Waals surface area contributed by atoms with Crippen molar-refractivity contribution in [3.8, 4) is 11.5 Å². The zero-order chi connectivity index (χ0) is 24.2. The number of methoxy groups -OCH3 is 1. The molecule has 3 rings (SSSR count). The molecule has 0 aliphatic carbocycles. The molecule has 1 saturated heterocycles. The van der Waals surface area contributed by atoms with Crippen molar-refractivity contribution in [2.45, 2.75) is 13.1 Å². The summed E-state index contributed by atoms with van der Waals surface area (Å²) in [6.07, 6.45) is -3.11. The summed E-state index contributed by atoms with van der Waals surface area (Å²) in [5, 5.41) is 1.61. The van der Waals surface area contributed by atoms with Crippen molar-refractivity contribution in [3.05, 3.63) is 58.5 Å². The predicted molar refractivity (Wildman–Crippen MR) is 117 cm³/mol. The number of benzene rings is 2. The van der Waals surface area contributed by atoms with E-state index in [1.807, 2.05) is 6.92 Å². The first kappa shape index (κ1) is 24.2. The third kappa shape index (κ3) is 5.86. The molecule has 1 aliphatic rings. The van der Waals surface area contributed by atoms with Crippen LogP contribution in [0.3, 0.4) is 0 Å². The molecule has 0 bridgehead atoms. The molecule has 1 N–H and O–H groups in total. The smallest absolute Gasteiger partial charge is 0.416 e. The van der Waals surface area contributed by atoms with Gasteiger partial charge in [-0.05, 0) is 60.7 Å². The largest absolute Gasteiger partial charge is 0.495 e. The summed E-state index contributed by atoms with van der Waals surface area (Å²) in [6.45, 7) is 1.69. The molecule has 1 heterocycles. The van der Waals surface area contributed by atoms with E-state index in [0.29, 0.717) is 29.7 Å². The van der Waals surface area contributed by atoms with Crippen LogP contribution < -0.4 is 14.8 Å². The van der Waals surface area contributed by atoms with Crippen LogP contribution in [0, 0.1) is 0 Å². The first-order chi connectivity index (χ1) is 15.6. The molecule has 0 radical (unpaired) electrons. The van der Waals surface area contributed by atoms with Crippen molar-refractivity contribution in [2.24, 2.45) is 0 Å². The second-order valence-electron chi connectivity index (χ2n) is 6.73. The van der Waals surface area contributed by atoms with Gasteiger partial charge in [-0.1, -0.05) is 12.1 Å². The highest BCUT2D eigenvalue weighted by Crippen LogP contribution is 2.35. The van der Waals surface area contributed by atoms with Crippen LogP contribution >= 0.6 is 11.8 Å². The van der Waals surface area contributed by atoms with Crippen molar-refractivity contribution in [1.29, 1.82) is 0 Å². The van der Waals surface area contributed by atoms with Gasteiger partial charge in [-0.15, -0.1) is 0 Å². The van der Waals surface area contributed by atoms with Crippen LogP contribution in [0.5, 0.6) is 11.5 Å². The van der Waals surface area contributed by atoms with Crippen LogP contribution in [0.2, 0.25) is 0 Å². The van der Waals surface area contributed by atoms with Crippen LogP contribution in [-0.2, 0) is 15.8 Å². The number of hydrogen-bond donors (Lipinski definition) is 1. The molecule has 33 heavy (non-hydrogen) atoms. The zero-order valence-electron chi connectivity index (χ0n) is 17.6. The number of thioether (sulfide) groups is 1. The molecule has 3 amide bonds. The molecule has 7 nitrogen and oxygen atoms in total. The minimum atomic E-state index is -4.62. The summed E-state index contributed by atoms with van der Waals surface area (Å²) in [7, 11) is 1.24. The Labute approximate surface area is 191 Å². The zero-order valence-corrected chi connectivity index (χ0v) is 18.4. The average Bonchev–Trinajstić information content (AvgIpc) is 3.02. The number of imide groups is 1. The highest BCUT2D eigenvalue weighted by Gasteiger charge is 2.36. The minimum absolute atomic E-state index is 0.000819. The number of carbonyl (C=O) groups excluding carboxylic acids is 3. The highest BCUT2D eigenvalue weighted by molar-refractivity contribution is 8.18. The molecule has 1 fully saturated rings. The van der Waals surface area contributed by atoms with E-state index >= 15 is 0 Å². The molecule has 0 aromatic heterocycles. The van der Waals surface area contributed by atoms with Crippen molar-refractivity contribution < 1.29 is 37.0 Å². The molecule has 0 spiro atoms. The fraction of sp³-hybridized carbons (Fsp3) is 0.227. The molecule has 1 aliphatic heterocycles. The van der Waals surface area contributed by atoms with Crippen LogP contribution in [0.25, 0.3) is 6.08 Å². The molecule has 2 aromatic rings. The Kier molecular flexibility index (Phi) is 7.32. The fourth-order valence-corrected chi connectivity index (χ4v) is 3.77. The second kappa shape index (κ2) is 9.99. The van der Waals surface area contributed by atoms with E-state index in [0.717, 1.165) is 23.1 Å². The number of alkyl halides is 3. The molecule has 0 saturated carbocycles. The second-order valence-corrected chi connectivity index (χ2v) is 7.72. The first-order valence-electron chi connectivity index (χ1n) is 9.65. The van der Waals surface area contributed by atoms with Gasteiger partial charge in [0, 0.05) is 0 Å². The predicted octanol–water partition coefficient (Wildman–Crippen LogP) is 4.79. The number of hydrogen-bond acceptors (Lipinski definition) is 6. The Balaban J connectivity index is 1.72. The Morgan fingerprint density at radius 2 is 1.85 bits per heavy atom. The summed E-state index contributed by atoms with van der Waals surface area (Å²) in [5.74, 6) is -0.868. The maximum Gasteiger partial charge on any atom is 0.416 e. The number of nitrogens with zero attached hydrogens (tertiary/aromatic N) is 1. The number of anilines is 1. The Hall–Kier alpha value is -3.47. The molecule has 0 unspecified atom stereocenters. The number of ether oxygens (including phenoxy) is 2. The Morgan fingerprint density at radius 1 is 1.15 bits per heavy atom. The first-order valence-corrected chi connectivity index (χ1v) is 10.5. The topological polar surface area (TPSA) is 84.9 Å². The van der Waals surface area contributed by atoms with E-state index in [-0.39, 0.29) is 16.3 Å². The molecule has 174 valence electrons. The molecular formula is C22H19F3N2O5S. The van der Waals surface area contributed by atoms with Gasteiger partial charge in [-0.25, -0.2) is 0 Å². The van der Waals surface area contributed by atoms with Crippen molar-refractivity contribution in [2.75, 3.05) is 25.6 Å². The number of carbonyl (C=O) groups is 3. The number of halogens is 3. The van der Waals surface area contributed by atoms with Gasteiger partial charge in [0.1, 0.15) is 18.0 Å². The minimum Gasteiger partial charge on any atom is -0.495 e. The highest BCUT2D eigenvalue weighted by atomic mass is 32.2. The summed E-state index contributed by atoms with van der Waals surface area (Å²) in [6, 6.07) is 9.47. The monoisotopic (exact) mass is 480 g/mol. The van der Waals surface area contributed by atoms with Crippen LogP contribution in [-0.4, -0.2) is 42.2 Å². The van der Waals surface area contributed by atoms with Crippen LogP contribution in [0.1, 0.15) is 18.1 Å². The lowest BCUT2D eigenvalue weighted by Gasteiger charge is -2.16. The Morgan fingerprint density at radius 3 is 2.45 bits per heavy atom. The lowest BCUT2D eigenvalue weighted by molar-refractivity contribution is -0.137. The molecule has 11 heteroatoms.